The summed E-state index contributed by atoms with van der Waals surface area (Å²) in [7, 11) is 1.93. The van der Waals surface area contributed by atoms with E-state index in [9.17, 15) is 0 Å². The highest BCUT2D eigenvalue weighted by Crippen LogP contribution is 2.29. The summed E-state index contributed by atoms with van der Waals surface area (Å²) in [6, 6.07) is 6.74. The van der Waals surface area contributed by atoms with Crippen molar-refractivity contribution in [2.45, 2.75) is 25.8 Å². The molecule has 3 rings (SSSR count). The maximum atomic E-state index is 5.57. The molecular formula is C15H20N4O. The smallest absolute Gasteiger partial charge is 0.138 e. The first kappa shape index (κ1) is 13.1. The lowest BCUT2D eigenvalue weighted by Gasteiger charge is -2.18. The zero-order valence-corrected chi connectivity index (χ0v) is 12.0. The van der Waals surface area contributed by atoms with E-state index in [0.29, 0.717) is 0 Å². The van der Waals surface area contributed by atoms with E-state index < -0.39 is 0 Å². The van der Waals surface area contributed by atoms with Crippen LogP contribution >= 0.6 is 0 Å². The largest absolute Gasteiger partial charge is 0.493 e. The van der Waals surface area contributed by atoms with Gasteiger partial charge in [-0.05, 0) is 23.7 Å². The van der Waals surface area contributed by atoms with Crippen LogP contribution in [0.4, 0.5) is 0 Å². The Morgan fingerprint density at radius 3 is 3.10 bits per heavy atom. The zero-order chi connectivity index (χ0) is 13.9. The second kappa shape index (κ2) is 5.63. The Hall–Kier alpha value is -1.88. The van der Waals surface area contributed by atoms with Crippen LogP contribution in [0.5, 0.6) is 5.75 Å². The van der Waals surface area contributed by atoms with Gasteiger partial charge in [0, 0.05) is 25.9 Å². The molecule has 0 spiro atoms. The molecule has 1 aromatic carbocycles. The zero-order valence-electron chi connectivity index (χ0n) is 12.0. The molecule has 1 aromatic heterocycles. The predicted octanol–water partition coefficient (Wildman–Crippen LogP) is 1.64. The molecule has 2 heterocycles. The highest BCUT2D eigenvalue weighted by molar-refractivity contribution is 5.41. The summed E-state index contributed by atoms with van der Waals surface area (Å²) in [5, 5.41) is 7.67. The van der Waals surface area contributed by atoms with Crippen molar-refractivity contribution in [1.82, 2.24) is 20.1 Å². The Labute approximate surface area is 119 Å². The molecule has 0 bridgehead atoms. The van der Waals surface area contributed by atoms with E-state index in [1.54, 1.807) is 6.33 Å². The number of fused-ring (bicyclic) bond motifs is 1. The molecule has 0 radical (unpaired) electrons. The summed E-state index contributed by atoms with van der Waals surface area (Å²) < 4.78 is 7.41. The van der Waals surface area contributed by atoms with Crippen LogP contribution < -0.4 is 10.1 Å². The highest BCUT2D eigenvalue weighted by atomic mass is 16.5. The van der Waals surface area contributed by atoms with Gasteiger partial charge in [-0.1, -0.05) is 19.1 Å². The Morgan fingerprint density at radius 1 is 1.45 bits per heavy atom. The summed E-state index contributed by atoms with van der Waals surface area (Å²) in [5.41, 5.74) is 2.60. The first-order valence-electron chi connectivity index (χ1n) is 7.10. The van der Waals surface area contributed by atoms with E-state index in [0.717, 1.165) is 37.6 Å². The van der Waals surface area contributed by atoms with Crippen LogP contribution in [-0.4, -0.2) is 27.9 Å². The fraction of sp³-hybridized carbons (Fsp3) is 0.467. The van der Waals surface area contributed by atoms with Crippen LogP contribution in [0.15, 0.2) is 24.5 Å². The van der Waals surface area contributed by atoms with E-state index in [2.05, 4.69) is 40.5 Å². The standard InChI is InChI=1S/C15H20N4O/c1-3-16-13(9-15-17-10-18-19(15)2)11-4-5-14-12(8-11)6-7-20-14/h4-5,8,10,13,16H,3,6-7,9H2,1-2H3. The third-order valence-electron chi connectivity index (χ3n) is 3.76. The minimum absolute atomic E-state index is 0.258. The molecular weight excluding hydrogens is 252 g/mol. The second-order valence-electron chi connectivity index (χ2n) is 5.08. The average molecular weight is 272 g/mol. The third kappa shape index (κ3) is 2.54. The van der Waals surface area contributed by atoms with Crippen LogP contribution in [0, 0.1) is 0 Å². The van der Waals surface area contributed by atoms with Gasteiger partial charge in [-0.15, -0.1) is 0 Å². The first-order valence-corrected chi connectivity index (χ1v) is 7.10. The molecule has 1 aliphatic heterocycles. The molecule has 5 nitrogen and oxygen atoms in total. The van der Waals surface area contributed by atoms with Crippen LogP contribution in [0.2, 0.25) is 0 Å². The summed E-state index contributed by atoms with van der Waals surface area (Å²) in [5.74, 6) is 2.02. The SMILES string of the molecule is CCNC(Cc1ncnn1C)c1ccc2c(c1)CCO2. The lowest BCUT2D eigenvalue weighted by atomic mass is 10.00. The van der Waals surface area contributed by atoms with Gasteiger partial charge in [0.25, 0.3) is 0 Å². The molecule has 0 fully saturated rings. The number of hydrogen-bond acceptors (Lipinski definition) is 4. The Balaban J connectivity index is 1.84. The van der Waals surface area contributed by atoms with Gasteiger partial charge in [0.1, 0.15) is 17.9 Å². The number of hydrogen-bond donors (Lipinski definition) is 1. The number of benzene rings is 1. The second-order valence-corrected chi connectivity index (χ2v) is 5.08. The lowest BCUT2D eigenvalue weighted by Crippen LogP contribution is -2.24. The molecule has 1 aliphatic rings. The lowest BCUT2D eigenvalue weighted by molar-refractivity contribution is 0.356. The normalized spacial score (nSPS) is 14.9. The van der Waals surface area contributed by atoms with Crippen molar-refractivity contribution >= 4 is 0 Å². The molecule has 1 atom stereocenters. The van der Waals surface area contributed by atoms with E-state index in [4.69, 9.17) is 4.74 Å². The van der Waals surface area contributed by atoms with Crippen molar-refractivity contribution in [3.05, 3.63) is 41.5 Å². The van der Waals surface area contributed by atoms with Crippen molar-refractivity contribution in [1.29, 1.82) is 0 Å². The van der Waals surface area contributed by atoms with E-state index in [1.807, 2.05) is 11.7 Å². The predicted molar refractivity (Wildman–Crippen MR) is 76.8 cm³/mol. The molecule has 0 aliphatic carbocycles. The maximum absolute atomic E-state index is 5.57. The summed E-state index contributed by atoms with van der Waals surface area (Å²) >= 11 is 0. The first-order chi connectivity index (χ1) is 9.78. The molecule has 0 saturated heterocycles. The van der Waals surface area contributed by atoms with Gasteiger partial charge < -0.3 is 10.1 Å². The summed E-state index contributed by atoms with van der Waals surface area (Å²) in [6.07, 6.45) is 3.45. The quantitative estimate of drug-likeness (QED) is 0.899. The third-order valence-corrected chi connectivity index (χ3v) is 3.76. The number of aryl methyl sites for hydroxylation is 1. The van der Waals surface area contributed by atoms with Gasteiger partial charge in [-0.2, -0.15) is 5.10 Å². The number of ether oxygens (including phenoxy) is 1. The van der Waals surface area contributed by atoms with Crippen LogP contribution in [0.3, 0.4) is 0 Å². The Kier molecular flexibility index (Phi) is 3.69. The van der Waals surface area contributed by atoms with Crippen molar-refractivity contribution in [2.24, 2.45) is 7.05 Å². The van der Waals surface area contributed by atoms with Gasteiger partial charge in [0.15, 0.2) is 0 Å². The number of likely N-dealkylation sites (N-methyl/N-ethyl adjacent to an activating group) is 1. The minimum Gasteiger partial charge on any atom is -0.493 e. The van der Waals surface area contributed by atoms with Crippen LogP contribution in [-0.2, 0) is 19.9 Å². The van der Waals surface area contributed by atoms with Crippen molar-refractivity contribution in [3.63, 3.8) is 0 Å². The van der Waals surface area contributed by atoms with E-state index in [-0.39, 0.29) is 6.04 Å². The monoisotopic (exact) mass is 272 g/mol. The number of aromatic nitrogens is 3. The number of rotatable bonds is 5. The number of nitrogens with one attached hydrogen (secondary N) is 1. The van der Waals surface area contributed by atoms with Gasteiger partial charge in [0.05, 0.1) is 6.61 Å². The topological polar surface area (TPSA) is 52.0 Å². The molecule has 1 N–H and O–H groups in total. The summed E-state index contributed by atoms with van der Waals surface area (Å²) in [4.78, 5) is 4.32. The fourth-order valence-corrected chi connectivity index (χ4v) is 2.67. The van der Waals surface area contributed by atoms with E-state index in [1.165, 1.54) is 11.1 Å². The van der Waals surface area contributed by atoms with E-state index >= 15 is 0 Å². The molecule has 20 heavy (non-hydrogen) atoms. The van der Waals surface area contributed by atoms with Crippen molar-refractivity contribution < 1.29 is 4.74 Å². The van der Waals surface area contributed by atoms with Gasteiger partial charge >= 0.3 is 0 Å². The maximum Gasteiger partial charge on any atom is 0.138 e. The van der Waals surface area contributed by atoms with Gasteiger partial charge in [0.2, 0.25) is 0 Å². The molecule has 0 saturated carbocycles. The molecule has 0 amide bonds. The van der Waals surface area contributed by atoms with Crippen LogP contribution in [0.1, 0.15) is 29.9 Å². The Morgan fingerprint density at radius 2 is 2.35 bits per heavy atom. The molecule has 106 valence electrons. The van der Waals surface area contributed by atoms with Crippen molar-refractivity contribution in [2.75, 3.05) is 13.2 Å². The molecule has 1 unspecified atom stereocenters. The Bertz CT molecular complexity index is 593. The highest BCUT2D eigenvalue weighted by Gasteiger charge is 2.18. The van der Waals surface area contributed by atoms with Gasteiger partial charge in [-0.25, -0.2) is 4.98 Å². The average Bonchev–Trinajstić information content (AvgIpc) is 3.06. The van der Waals surface area contributed by atoms with Crippen molar-refractivity contribution in [3.8, 4) is 5.75 Å². The number of nitrogens with zero attached hydrogens (tertiary/aromatic N) is 3. The van der Waals surface area contributed by atoms with Crippen LogP contribution in [0.25, 0.3) is 0 Å². The fourth-order valence-electron chi connectivity index (χ4n) is 2.67. The minimum atomic E-state index is 0.258. The summed E-state index contributed by atoms with van der Waals surface area (Å²) in [6.45, 7) is 3.85. The molecule has 5 heteroatoms. The molecule has 2 aromatic rings. The van der Waals surface area contributed by atoms with Gasteiger partial charge in [-0.3, -0.25) is 4.68 Å².